The smallest absolute Gasteiger partial charge is 0.253 e. The minimum atomic E-state index is 0.0203. The lowest BCUT2D eigenvalue weighted by Gasteiger charge is -2.14. The Labute approximate surface area is 120 Å². The zero-order chi connectivity index (χ0) is 14.7. The molecule has 1 amide bonds. The van der Waals surface area contributed by atoms with Crippen LogP contribution in [0.1, 0.15) is 21.6 Å². The van der Waals surface area contributed by atoms with Crippen LogP contribution in [-0.2, 0) is 13.6 Å². The van der Waals surface area contributed by atoms with Crippen molar-refractivity contribution in [2.75, 3.05) is 19.4 Å². The number of hydrogen-bond acceptors (Lipinski definition) is 2. The molecule has 0 bridgehead atoms. The van der Waals surface area contributed by atoms with Crippen LogP contribution in [0.15, 0.2) is 36.5 Å². The molecule has 20 heavy (non-hydrogen) atoms. The van der Waals surface area contributed by atoms with Crippen LogP contribution in [0.4, 0.5) is 5.69 Å². The lowest BCUT2D eigenvalue weighted by molar-refractivity contribution is 0.0827. The first-order chi connectivity index (χ1) is 9.49. The number of benzene rings is 1. The van der Waals surface area contributed by atoms with Crippen LogP contribution < -0.4 is 5.32 Å². The Hall–Kier alpha value is -2.23. The fraction of sp³-hybridized carbons (Fsp3) is 0.312. The van der Waals surface area contributed by atoms with E-state index in [-0.39, 0.29) is 5.91 Å². The van der Waals surface area contributed by atoms with Gasteiger partial charge in [-0.1, -0.05) is 6.07 Å². The molecule has 0 aliphatic rings. The van der Waals surface area contributed by atoms with Gasteiger partial charge in [-0.2, -0.15) is 0 Å². The van der Waals surface area contributed by atoms with E-state index in [2.05, 4.69) is 16.0 Å². The maximum Gasteiger partial charge on any atom is 0.253 e. The van der Waals surface area contributed by atoms with Crippen molar-refractivity contribution in [2.45, 2.75) is 13.5 Å². The fourth-order valence-corrected chi connectivity index (χ4v) is 2.07. The maximum atomic E-state index is 12.0. The third-order valence-electron chi connectivity index (χ3n) is 3.40. The van der Waals surface area contributed by atoms with Crippen molar-refractivity contribution in [2.24, 2.45) is 7.05 Å². The van der Waals surface area contributed by atoms with Crippen LogP contribution in [0.5, 0.6) is 0 Å². The number of amides is 1. The molecule has 0 saturated carbocycles. The molecule has 1 heterocycles. The highest BCUT2D eigenvalue weighted by Gasteiger charge is 2.10. The van der Waals surface area contributed by atoms with Gasteiger partial charge in [0.2, 0.25) is 0 Å². The van der Waals surface area contributed by atoms with Crippen LogP contribution in [-0.4, -0.2) is 29.5 Å². The first-order valence-corrected chi connectivity index (χ1v) is 6.65. The monoisotopic (exact) mass is 271 g/mol. The summed E-state index contributed by atoms with van der Waals surface area (Å²) in [7, 11) is 5.55. The van der Waals surface area contributed by atoms with Gasteiger partial charge in [-0.3, -0.25) is 4.79 Å². The molecule has 0 saturated heterocycles. The number of carbonyl (C=O) groups is 1. The lowest BCUT2D eigenvalue weighted by atomic mass is 10.1. The minimum absolute atomic E-state index is 0.0203. The number of aromatic nitrogens is 1. The summed E-state index contributed by atoms with van der Waals surface area (Å²) in [5, 5.41) is 3.40. The average molecular weight is 271 g/mol. The van der Waals surface area contributed by atoms with Crippen LogP contribution in [0, 0.1) is 6.92 Å². The van der Waals surface area contributed by atoms with Crippen molar-refractivity contribution in [1.82, 2.24) is 9.47 Å². The molecule has 4 nitrogen and oxygen atoms in total. The van der Waals surface area contributed by atoms with Crippen LogP contribution in [0.3, 0.4) is 0 Å². The number of carbonyl (C=O) groups excluding carboxylic acids is 1. The van der Waals surface area contributed by atoms with Crippen molar-refractivity contribution in [1.29, 1.82) is 0 Å². The second-order valence-electron chi connectivity index (χ2n) is 5.19. The molecule has 0 aliphatic carbocycles. The molecule has 0 radical (unpaired) electrons. The van der Waals surface area contributed by atoms with Gasteiger partial charge in [0, 0.05) is 44.3 Å². The highest BCUT2D eigenvalue weighted by atomic mass is 16.2. The Balaban J connectivity index is 2.17. The molecule has 2 rings (SSSR count). The Morgan fingerprint density at radius 3 is 2.65 bits per heavy atom. The third-order valence-corrected chi connectivity index (χ3v) is 3.40. The van der Waals surface area contributed by atoms with Crippen LogP contribution in [0.25, 0.3) is 0 Å². The van der Waals surface area contributed by atoms with E-state index in [1.165, 1.54) is 5.69 Å². The van der Waals surface area contributed by atoms with Gasteiger partial charge in [0.1, 0.15) is 0 Å². The summed E-state index contributed by atoms with van der Waals surface area (Å²) in [5.41, 5.74) is 4.04. The topological polar surface area (TPSA) is 37.3 Å². The van der Waals surface area contributed by atoms with Crippen molar-refractivity contribution >= 4 is 11.6 Å². The molecule has 1 aromatic heterocycles. The van der Waals surface area contributed by atoms with Crippen LogP contribution >= 0.6 is 0 Å². The van der Waals surface area contributed by atoms with Gasteiger partial charge in [-0.05, 0) is 36.8 Å². The molecular formula is C16H21N3O. The van der Waals surface area contributed by atoms with E-state index < -0.39 is 0 Å². The zero-order valence-electron chi connectivity index (χ0n) is 12.5. The number of hydrogen-bond donors (Lipinski definition) is 1. The minimum Gasteiger partial charge on any atom is -0.379 e. The van der Waals surface area contributed by atoms with Gasteiger partial charge < -0.3 is 14.8 Å². The first-order valence-electron chi connectivity index (χ1n) is 6.65. The molecule has 0 spiro atoms. The molecule has 2 aromatic rings. The zero-order valence-corrected chi connectivity index (χ0v) is 12.5. The number of aryl methyl sites for hydroxylation is 2. The summed E-state index contributed by atoms with van der Waals surface area (Å²) >= 11 is 0. The second kappa shape index (κ2) is 5.82. The predicted octanol–water partition coefficient (Wildman–Crippen LogP) is 2.65. The van der Waals surface area contributed by atoms with E-state index in [4.69, 9.17) is 0 Å². The Bertz CT molecular complexity index is 614. The van der Waals surface area contributed by atoms with E-state index >= 15 is 0 Å². The molecule has 4 heteroatoms. The maximum absolute atomic E-state index is 12.0. The Morgan fingerprint density at radius 2 is 2.05 bits per heavy atom. The van der Waals surface area contributed by atoms with Crippen molar-refractivity contribution in [3.05, 3.63) is 53.3 Å². The molecule has 0 fully saturated rings. The number of nitrogens with zero attached hydrogens (tertiary/aromatic N) is 2. The summed E-state index contributed by atoms with van der Waals surface area (Å²) in [6.07, 6.45) is 2.02. The van der Waals surface area contributed by atoms with Gasteiger partial charge >= 0.3 is 0 Å². The number of nitrogens with one attached hydrogen (secondary N) is 1. The Morgan fingerprint density at radius 1 is 1.30 bits per heavy atom. The first kappa shape index (κ1) is 14.2. The molecule has 0 atom stereocenters. The Kier molecular flexibility index (Phi) is 4.13. The van der Waals surface area contributed by atoms with Gasteiger partial charge in [0.15, 0.2) is 0 Å². The van der Waals surface area contributed by atoms with Crippen molar-refractivity contribution < 1.29 is 4.79 Å². The highest BCUT2D eigenvalue weighted by molar-refractivity contribution is 5.95. The molecule has 0 unspecified atom stereocenters. The summed E-state index contributed by atoms with van der Waals surface area (Å²) in [6.45, 7) is 2.78. The largest absolute Gasteiger partial charge is 0.379 e. The SMILES string of the molecule is Cc1ccc(C(=O)N(C)C)cc1NCc1cccn1C. The second-order valence-corrected chi connectivity index (χ2v) is 5.19. The van der Waals surface area contributed by atoms with E-state index in [0.29, 0.717) is 5.56 Å². The van der Waals surface area contributed by atoms with Gasteiger partial charge in [-0.15, -0.1) is 0 Å². The number of rotatable bonds is 4. The molecular weight excluding hydrogens is 250 g/mol. The van der Waals surface area contributed by atoms with E-state index in [1.807, 2.05) is 44.4 Å². The van der Waals surface area contributed by atoms with Crippen molar-refractivity contribution in [3.63, 3.8) is 0 Å². The quantitative estimate of drug-likeness (QED) is 0.928. The molecule has 1 N–H and O–H groups in total. The van der Waals surface area contributed by atoms with Gasteiger partial charge in [0.25, 0.3) is 5.91 Å². The third kappa shape index (κ3) is 3.02. The normalized spacial score (nSPS) is 10.4. The average Bonchev–Trinajstić information content (AvgIpc) is 2.82. The summed E-state index contributed by atoms with van der Waals surface area (Å²) in [4.78, 5) is 13.6. The van der Waals surface area contributed by atoms with E-state index in [0.717, 1.165) is 17.8 Å². The molecule has 0 aliphatic heterocycles. The van der Waals surface area contributed by atoms with Crippen molar-refractivity contribution in [3.8, 4) is 0 Å². The summed E-state index contributed by atoms with van der Waals surface area (Å²) in [5.74, 6) is 0.0203. The van der Waals surface area contributed by atoms with Gasteiger partial charge in [0.05, 0.1) is 6.54 Å². The fourth-order valence-electron chi connectivity index (χ4n) is 2.07. The summed E-state index contributed by atoms with van der Waals surface area (Å²) in [6, 6.07) is 9.86. The predicted molar refractivity (Wildman–Crippen MR) is 81.9 cm³/mol. The van der Waals surface area contributed by atoms with Crippen LogP contribution in [0.2, 0.25) is 0 Å². The summed E-state index contributed by atoms with van der Waals surface area (Å²) < 4.78 is 2.08. The standard InChI is InChI=1S/C16H21N3O/c1-12-7-8-13(16(20)18(2)3)10-15(12)17-11-14-6-5-9-19(14)4/h5-10,17H,11H2,1-4H3. The molecule has 1 aromatic carbocycles. The van der Waals surface area contributed by atoms with E-state index in [9.17, 15) is 4.79 Å². The molecule has 106 valence electrons. The van der Waals surface area contributed by atoms with E-state index in [1.54, 1.807) is 19.0 Å². The highest BCUT2D eigenvalue weighted by Crippen LogP contribution is 2.18. The van der Waals surface area contributed by atoms with Gasteiger partial charge in [-0.25, -0.2) is 0 Å². The lowest BCUT2D eigenvalue weighted by Crippen LogP contribution is -2.21. The number of anilines is 1.